The molecule has 0 aliphatic rings. The lowest BCUT2D eigenvalue weighted by molar-refractivity contribution is 0.577. The van der Waals surface area contributed by atoms with Gasteiger partial charge in [-0.25, -0.2) is 9.97 Å². The largest absolute Gasteiger partial charge is 0.252 e. The van der Waals surface area contributed by atoms with Gasteiger partial charge in [0.1, 0.15) is 0 Å². The number of rotatable bonds is 0. The third-order valence-electron chi connectivity index (χ3n) is 0.660. The van der Waals surface area contributed by atoms with Crippen LogP contribution in [0.1, 0.15) is 0 Å². The molecule has 0 bridgehead atoms. The van der Waals surface area contributed by atoms with Gasteiger partial charge in [-0.05, 0) is 0 Å². The molecule has 0 saturated heterocycles. The lowest BCUT2D eigenvalue weighted by Gasteiger charge is -1.89. The third kappa shape index (κ3) is 1.50. The predicted molar refractivity (Wildman–Crippen MR) is 32.0 cm³/mol. The van der Waals surface area contributed by atoms with Crippen LogP contribution in [0.5, 0.6) is 0 Å². The number of halogens is 3. The number of hydrogen-bond acceptors (Lipinski definition) is 2. The van der Waals surface area contributed by atoms with E-state index in [1.807, 2.05) is 0 Å². The van der Waals surface area contributed by atoms with E-state index in [9.17, 15) is 4.39 Å². The SMILES string of the molecule is Fc1nc(Cl)cnc1Cl. The molecule has 1 heterocycles. The summed E-state index contributed by atoms with van der Waals surface area (Å²) < 4.78 is 12.2. The van der Waals surface area contributed by atoms with Crippen molar-refractivity contribution < 1.29 is 4.39 Å². The molecule has 48 valence electrons. The van der Waals surface area contributed by atoms with Crippen LogP contribution in [0.2, 0.25) is 10.3 Å². The van der Waals surface area contributed by atoms with Crippen LogP contribution >= 0.6 is 23.2 Å². The summed E-state index contributed by atoms with van der Waals surface area (Å²) >= 11 is 10.4. The van der Waals surface area contributed by atoms with E-state index in [1.54, 1.807) is 0 Å². The Hall–Kier alpha value is -0.410. The first kappa shape index (κ1) is 6.71. The Balaban J connectivity index is 3.17. The van der Waals surface area contributed by atoms with Crippen LogP contribution in [0, 0.1) is 5.95 Å². The maximum absolute atomic E-state index is 12.2. The molecular formula is C4HCl2FN2. The lowest BCUT2D eigenvalue weighted by Crippen LogP contribution is -1.86. The average Bonchev–Trinajstić information content (AvgIpc) is 1.80. The highest BCUT2D eigenvalue weighted by Gasteiger charge is 2.00. The van der Waals surface area contributed by atoms with Crippen LogP contribution in [0.4, 0.5) is 4.39 Å². The molecule has 0 radical (unpaired) electrons. The standard InChI is InChI=1S/C4HCl2FN2/c5-2-1-8-3(6)4(7)9-2/h1H. The second-order valence-corrected chi connectivity index (χ2v) is 2.02. The number of nitrogens with zero attached hydrogens (tertiary/aromatic N) is 2. The monoisotopic (exact) mass is 166 g/mol. The molecule has 0 amide bonds. The molecule has 0 aliphatic carbocycles. The van der Waals surface area contributed by atoms with E-state index >= 15 is 0 Å². The molecule has 0 saturated carbocycles. The second-order valence-electron chi connectivity index (χ2n) is 1.27. The fourth-order valence-corrected chi connectivity index (χ4v) is 0.546. The summed E-state index contributed by atoms with van der Waals surface area (Å²) in [6.45, 7) is 0. The molecule has 1 aromatic heterocycles. The van der Waals surface area contributed by atoms with Crippen molar-refractivity contribution in [3.63, 3.8) is 0 Å². The van der Waals surface area contributed by atoms with Gasteiger partial charge in [0.15, 0.2) is 10.3 Å². The summed E-state index contributed by atoms with van der Waals surface area (Å²) in [7, 11) is 0. The Morgan fingerprint density at radius 3 is 2.56 bits per heavy atom. The Kier molecular flexibility index (Phi) is 1.83. The third-order valence-corrected chi connectivity index (χ3v) is 1.10. The Morgan fingerprint density at radius 2 is 2.11 bits per heavy atom. The number of aromatic nitrogens is 2. The van der Waals surface area contributed by atoms with Gasteiger partial charge < -0.3 is 0 Å². The highest BCUT2D eigenvalue weighted by molar-refractivity contribution is 6.31. The van der Waals surface area contributed by atoms with Gasteiger partial charge in [-0.1, -0.05) is 23.2 Å². The topological polar surface area (TPSA) is 25.8 Å². The molecule has 0 aliphatic heterocycles. The first-order valence-corrected chi connectivity index (χ1v) is 2.79. The summed E-state index contributed by atoms with van der Waals surface area (Å²) in [6, 6.07) is 0. The van der Waals surface area contributed by atoms with Crippen LogP contribution < -0.4 is 0 Å². The van der Waals surface area contributed by atoms with Crippen molar-refractivity contribution in [2.45, 2.75) is 0 Å². The van der Waals surface area contributed by atoms with Crippen molar-refractivity contribution in [2.75, 3.05) is 0 Å². The minimum absolute atomic E-state index is 0.00287. The van der Waals surface area contributed by atoms with E-state index in [4.69, 9.17) is 23.2 Å². The zero-order valence-corrected chi connectivity index (χ0v) is 5.62. The van der Waals surface area contributed by atoms with Gasteiger partial charge in [-0.2, -0.15) is 4.39 Å². The van der Waals surface area contributed by atoms with Crippen LogP contribution in [0.3, 0.4) is 0 Å². The fourth-order valence-electron chi connectivity index (χ4n) is 0.332. The van der Waals surface area contributed by atoms with E-state index in [0.717, 1.165) is 0 Å². The fraction of sp³-hybridized carbons (Fsp3) is 0. The van der Waals surface area contributed by atoms with Gasteiger partial charge in [-0.3, -0.25) is 0 Å². The smallest absolute Gasteiger partial charge is 0.237 e. The molecule has 0 aromatic carbocycles. The van der Waals surface area contributed by atoms with E-state index in [-0.39, 0.29) is 10.3 Å². The van der Waals surface area contributed by atoms with Gasteiger partial charge >= 0.3 is 0 Å². The second kappa shape index (κ2) is 2.45. The van der Waals surface area contributed by atoms with E-state index in [0.29, 0.717) is 0 Å². The molecule has 0 fully saturated rings. The summed E-state index contributed by atoms with van der Waals surface area (Å²) in [4.78, 5) is 6.55. The maximum Gasteiger partial charge on any atom is 0.252 e. The van der Waals surface area contributed by atoms with Crippen molar-refractivity contribution in [3.8, 4) is 0 Å². The van der Waals surface area contributed by atoms with Gasteiger partial charge in [0.05, 0.1) is 6.20 Å². The predicted octanol–water partition coefficient (Wildman–Crippen LogP) is 1.92. The summed E-state index contributed by atoms with van der Waals surface area (Å²) in [6.07, 6.45) is 1.17. The van der Waals surface area contributed by atoms with Gasteiger partial charge in [-0.15, -0.1) is 0 Å². The Bertz CT molecular complexity index is 228. The highest BCUT2D eigenvalue weighted by Crippen LogP contribution is 2.10. The minimum Gasteiger partial charge on any atom is -0.237 e. The van der Waals surface area contributed by atoms with Gasteiger partial charge in [0, 0.05) is 0 Å². The summed E-state index contributed by atoms with van der Waals surface area (Å²) in [5.74, 6) is -0.843. The van der Waals surface area contributed by atoms with Crippen LogP contribution in [0.15, 0.2) is 6.20 Å². The molecule has 0 atom stereocenters. The van der Waals surface area contributed by atoms with Gasteiger partial charge in [0.25, 0.3) is 5.95 Å². The minimum atomic E-state index is -0.843. The normalized spacial score (nSPS) is 9.67. The zero-order valence-electron chi connectivity index (χ0n) is 4.11. The Morgan fingerprint density at radius 1 is 1.44 bits per heavy atom. The van der Waals surface area contributed by atoms with Crippen molar-refractivity contribution >= 4 is 23.2 Å². The van der Waals surface area contributed by atoms with Gasteiger partial charge in [0.2, 0.25) is 0 Å². The summed E-state index contributed by atoms with van der Waals surface area (Å²) in [5, 5.41) is -0.267. The van der Waals surface area contributed by atoms with E-state index in [1.165, 1.54) is 6.20 Å². The van der Waals surface area contributed by atoms with Crippen LogP contribution in [0.25, 0.3) is 0 Å². The first-order valence-electron chi connectivity index (χ1n) is 2.03. The molecule has 9 heavy (non-hydrogen) atoms. The summed E-state index contributed by atoms with van der Waals surface area (Å²) in [5.41, 5.74) is 0. The molecule has 1 aromatic rings. The zero-order chi connectivity index (χ0) is 6.85. The van der Waals surface area contributed by atoms with Crippen molar-refractivity contribution in [3.05, 3.63) is 22.5 Å². The van der Waals surface area contributed by atoms with Crippen molar-refractivity contribution in [2.24, 2.45) is 0 Å². The first-order chi connectivity index (χ1) is 4.20. The Labute approximate surface area is 60.6 Å². The quantitative estimate of drug-likeness (QED) is 0.589. The van der Waals surface area contributed by atoms with Crippen LogP contribution in [-0.4, -0.2) is 9.97 Å². The molecule has 5 heteroatoms. The highest BCUT2D eigenvalue weighted by atomic mass is 35.5. The lowest BCUT2D eigenvalue weighted by atomic mass is 10.7. The van der Waals surface area contributed by atoms with Crippen molar-refractivity contribution in [1.82, 2.24) is 9.97 Å². The molecule has 1 rings (SSSR count). The van der Waals surface area contributed by atoms with Crippen molar-refractivity contribution in [1.29, 1.82) is 0 Å². The molecule has 2 nitrogen and oxygen atoms in total. The maximum atomic E-state index is 12.2. The van der Waals surface area contributed by atoms with Crippen LogP contribution in [-0.2, 0) is 0 Å². The molecular weight excluding hydrogens is 166 g/mol. The number of hydrogen-bond donors (Lipinski definition) is 0. The van der Waals surface area contributed by atoms with E-state index in [2.05, 4.69) is 9.97 Å². The molecule has 0 unspecified atom stereocenters. The molecule has 0 spiro atoms. The van der Waals surface area contributed by atoms with E-state index < -0.39 is 5.95 Å². The average molecular weight is 167 g/mol. The molecule has 0 N–H and O–H groups in total.